The Morgan fingerprint density at radius 2 is 1.96 bits per heavy atom. The first-order valence-corrected chi connectivity index (χ1v) is 10.00. The van der Waals surface area contributed by atoms with Crippen molar-refractivity contribution in [2.24, 2.45) is 0 Å². The lowest BCUT2D eigenvalue weighted by Crippen LogP contribution is -2.19. The zero-order valence-electron chi connectivity index (χ0n) is 15.4. The number of anilines is 1. The summed E-state index contributed by atoms with van der Waals surface area (Å²) in [6.45, 7) is 4.02. The highest BCUT2D eigenvalue weighted by atomic mass is 32.2. The van der Waals surface area contributed by atoms with Gasteiger partial charge in [-0.3, -0.25) is 9.89 Å². The molecular formula is C21H22N4OS. The average molecular weight is 379 g/mol. The number of thioether (sulfide) groups is 1. The highest BCUT2D eigenvalue weighted by Crippen LogP contribution is 2.40. The maximum absolute atomic E-state index is 13.1. The van der Waals surface area contributed by atoms with Gasteiger partial charge in [0.15, 0.2) is 0 Å². The second kappa shape index (κ2) is 7.56. The minimum Gasteiger partial charge on any atom is -0.325 e. The summed E-state index contributed by atoms with van der Waals surface area (Å²) < 4.78 is 0. The van der Waals surface area contributed by atoms with E-state index in [0.29, 0.717) is 11.1 Å². The van der Waals surface area contributed by atoms with Crippen molar-refractivity contribution in [3.8, 4) is 0 Å². The molecule has 0 bridgehead atoms. The first kappa shape index (κ1) is 17.8. The normalized spacial score (nSPS) is 14.7. The Kier molecular flexibility index (Phi) is 4.99. The van der Waals surface area contributed by atoms with Crippen LogP contribution in [0.2, 0.25) is 0 Å². The molecular weight excluding hydrogens is 356 g/mol. The van der Waals surface area contributed by atoms with Gasteiger partial charge in [0.05, 0.1) is 0 Å². The van der Waals surface area contributed by atoms with E-state index in [1.54, 1.807) is 0 Å². The minimum absolute atomic E-state index is 0.0716. The van der Waals surface area contributed by atoms with Crippen LogP contribution >= 0.6 is 11.8 Å². The van der Waals surface area contributed by atoms with Crippen molar-refractivity contribution in [3.63, 3.8) is 0 Å². The molecule has 27 heavy (non-hydrogen) atoms. The number of H-pyrrole nitrogens is 1. The van der Waals surface area contributed by atoms with Crippen molar-refractivity contribution < 1.29 is 4.79 Å². The molecule has 2 aromatic carbocycles. The summed E-state index contributed by atoms with van der Waals surface area (Å²) in [5, 5.41) is 10.6. The van der Waals surface area contributed by atoms with E-state index in [9.17, 15) is 4.79 Å². The molecule has 1 aliphatic carbocycles. The van der Waals surface area contributed by atoms with E-state index in [1.807, 2.05) is 62.4 Å². The van der Waals surface area contributed by atoms with Crippen LogP contribution in [0, 0.1) is 13.8 Å². The summed E-state index contributed by atoms with van der Waals surface area (Å²) in [4.78, 5) is 17.7. The largest absolute Gasteiger partial charge is 0.325 e. The number of nitrogens with one attached hydrogen (secondary N) is 2. The van der Waals surface area contributed by atoms with Gasteiger partial charge in [-0.05, 0) is 49.4 Å². The molecule has 0 aliphatic heterocycles. The second-order valence-corrected chi connectivity index (χ2v) is 8.07. The Balaban J connectivity index is 1.58. The van der Waals surface area contributed by atoms with E-state index in [2.05, 4.69) is 20.5 Å². The van der Waals surface area contributed by atoms with Crippen LogP contribution in [0.3, 0.4) is 0 Å². The molecule has 1 fully saturated rings. The second-order valence-electron chi connectivity index (χ2n) is 6.99. The lowest BCUT2D eigenvalue weighted by atomic mass is 10.1. The Bertz CT molecular complexity index is 950. The van der Waals surface area contributed by atoms with E-state index in [1.165, 1.54) is 11.8 Å². The lowest BCUT2D eigenvalue weighted by molar-refractivity contribution is -0.115. The van der Waals surface area contributed by atoms with E-state index in [0.717, 1.165) is 41.0 Å². The van der Waals surface area contributed by atoms with Crippen molar-refractivity contribution >= 4 is 23.4 Å². The van der Waals surface area contributed by atoms with Crippen LogP contribution in [0.1, 0.15) is 46.5 Å². The standard InChI is InChI=1S/C21H22N4OS/c1-13-8-9-14(2)17(12-13)22-20(26)18(15-6-4-3-5-7-15)27-21-23-19(24-25-21)16-10-11-16/h3-9,12,16,18H,10-11H2,1-2H3,(H,22,26)(H,23,24,25). The van der Waals surface area contributed by atoms with Gasteiger partial charge < -0.3 is 5.32 Å². The van der Waals surface area contributed by atoms with Gasteiger partial charge in [0, 0.05) is 11.6 Å². The number of carbonyl (C=O) groups excluding carboxylic acids is 1. The van der Waals surface area contributed by atoms with Crippen molar-refractivity contribution in [3.05, 3.63) is 71.0 Å². The molecule has 0 spiro atoms. The van der Waals surface area contributed by atoms with Gasteiger partial charge in [-0.15, -0.1) is 5.10 Å². The first-order valence-electron chi connectivity index (χ1n) is 9.12. The van der Waals surface area contributed by atoms with Crippen LogP contribution in [0.25, 0.3) is 0 Å². The maximum atomic E-state index is 13.1. The van der Waals surface area contributed by atoms with Crippen LogP contribution in [0.15, 0.2) is 53.7 Å². The summed E-state index contributed by atoms with van der Waals surface area (Å²) in [6, 6.07) is 15.8. The monoisotopic (exact) mass is 378 g/mol. The number of hydrogen-bond acceptors (Lipinski definition) is 4. The number of aromatic nitrogens is 3. The third-order valence-electron chi connectivity index (χ3n) is 4.66. The number of hydrogen-bond donors (Lipinski definition) is 2. The van der Waals surface area contributed by atoms with Gasteiger partial charge in [0.25, 0.3) is 0 Å². The number of rotatable bonds is 6. The molecule has 4 rings (SSSR count). The summed E-state index contributed by atoms with van der Waals surface area (Å²) in [7, 11) is 0. The van der Waals surface area contributed by atoms with E-state index in [-0.39, 0.29) is 5.91 Å². The molecule has 1 heterocycles. The Morgan fingerprint density at radius 1 is 1.19 bits per heavy atom. The van der Waals surface area contributed by atoms with Crippen LogP contribution in [0.5, 0.6) is 0 Å². The molecule has 1 amide bonds. The average Bonchev–Trinajstić information content (AvgIpc) is 3.42. The van der Waals surface area contributed by atoms with Crippen LogP contribution < -0.4 is 5.32 Å². The van der Waals surface area contributed by atoms with Gasteiger partial charge in [0.1, 0.15) is 11.1 Å². The fraction of sp³-hybridized carbons (Fsp3) is 0.286. The Morgan fingerprint density at radius 3 is 2.70 bits per heavy atom. The number of amides is 1. The quantitative estimate of drug-likeness (QED) is 0.606. The van der Waals surface area contributed by atoms with Gasteiger partial charge in [-0.1, -0.05) is 54.2 Å². The number of benzene rings is 2. The molecule has 1 atom stereocenters. The van der Waals surface area contributed by atoms with Crippen molar-refractivity contribution in [2.75, 3.05) is 5.32 Å². The summed E-state index contributed by atoms with van der Waals surface area (Å²) >= 11 is 1.38. The van der Waals surface area contributed by atoms with Gasteiger partial charge in [0.2, 0.25) is 11.1 Å². The maximum Gasteiger partial charge on any atom is 0.242 e. The Hall–Kier alpha value is -2.60. The third kappa shape index (κ3) is 4.22. The number of nitrogens with zero attached hydrogens (tertiary/aromatic N) is 2. The molecule has 6 heteroatoms. The fourth-order valence-electron chi connectivity index (χ4n) is 2.93. The molecule has 0 radical (unpaired) electrons. The number of carbonyl (C=O) groups is 1. The van der Waals surface area contributed by atoms with Gasteiger partial charge >= 0.3 is 0 Å². The first-order chi connectivity index (χ1) is 13.1. The third-order valence-corrected chi connectivity index (χ3v) is 5.78. The Labute approximate surface area is 163 Å². The van der Waals surface area contributed by atoms with Crippen LogP contribution in [0.4, 0.5) is 5.69 Å². The zero-order valence-corrected chi connectivity index (χ0v) is 16.2. The lowest BCUT2D eigenvalue weighted by Gasteiger charge is -2.17. The molecule has 0 saturated heterocycles. The van der Waals surface area contributed by atoms with Gasteiger partial charge in [-0.2, -0.15) is 0 Å². The summed E-state index contributed by atoms with van der Waals surface area (Å²) in [6.07, 6.45) is 2.32. The SMILES string of the molecule is Cc1ccc(C)c(NC(=O)C(Sc2n[nH]c(C3CC3)n2)c2ccccc2)c1. The highest BCUT2D eigenvalue weighted by Gasteiger charge is 2.29. The smallest absolute Gasteiger partial charge is 0.242 e. The summed E-state index contributed by atoms with van der Waals surface area (Å²) in [5.74, 6) is 1.36. The molecule has 1 saturated carbocycles. The van der Waals surface area contributed by atoms with Crippen LogP contribution in [-0.2, 0) is 4.79 Å². The number of aromatic amines is 1. The predicted molar refractivity (Wildman–Crippen MR) is 108 cm³/mol. The van der Waals surface area contributed by atoms with E-state index >= 15 is 0 Å². The summed E-state index contributed by atoms with van der Waals surface area (Å²) in [5.41, 5.74) is 3.93. The van der Waals surface area contributed by atoms with Crippen molar-refractivity contribution in [1.29, 1.82) is 0 Å². The zero-order chi connectivity index (χ0) is 18.8. The van der Waals surface area contributed by atoms with E-state index < -0.39 is 5.25 Å². The van der Waals surface area contributed by atoms with Crippen molar-refractivity contribution in [2.45, 2.75) is 43.0 Å². The minimum atomic E-state index is -0.422. The molecule has 1 unspecified atom stereocenters. The molecule has 1 aliphatic rings. The fourth-order valence-corrected chi connectivity index (χ4v) is 3.84. The number of aryl methyl sites for hydroxylation is 2. The van der Waals surface area contributed by atoms with Crippen LogP contribution in [-0.4, -0.2) is 21.1 Å². The van der Waals surface area contributed by atoms with Gasteiger partial charge in [-0.25, -0.2) is 4.98 Å². The predicted octanol–water partition coefficient (Wildman–Crippen LogP) is 4.77. The highest BCUT2D eigenvalue weighted by molar-refractivity contribution is 8.00. The molecule has 138 valence electrons. The topological polar surface area (TPSA) is 70.7 Å². The molecule has 1 aromatic heterocycles. The molecule has 2 N–H and O–H groups in total. The van der Waals surface area contributed by atoms with Crippen molar-refractivity contribution in [1.82, 2.24) is 15.2 Å². The van der Waals surface area contributed by atoms with E-state index in [4.69, 9.17) is 0 Å². The molecule has 5 nitrogen and oxygen atoms in total. The molecule has 3 aromatic rings.